The van der Waals surface area contributed by atoms with Crippen molar-refractivity contribution in [2.24, 2.45) is 29.6 Å². The molecule has 3 aliphatic rings. The third kappa shape index (κ3) is 6.27. The first kappa shape index (κ1) is 24.0. The van der Waals surface area contributed by atoms with Crippen molar-refractivity contribution >= 4 is 11.9 Å². The highest BCUT2D eigenvalue weighted by Gasteiger charge is 2.45. The first-order valence-corrected chi connectivity index (χ1v) is 12.3. The summed E-state index contributed by atoms with van der Waals surface area (Å²) in [7, 11) is 0. The highest BCUT2D eigenvalue weighted by Crippen LogP contribution is 2.50. The van der Waals surface area contributed by atoms with Crippen molar-refractivity contribution in [1.82, 2.24) is 0 Å². The molecule has 0 spiro atoms. The highest BCUT2D eigenvalue weighted by molar-refractivity contribution is 5.71. The second-order valence-corrected chi connectivity index (χ2v) is 10.0. The molecule has 0 heterocycles. The molecule has 1 aromatic carbocycles. The number of aliphatic carboxylic acids is 1. The van der Waals surface area contributed by atoms with E-state index in [0.29, 0.717) is 17.8 Å². The SMILES string of the molecule is CC1CC1CC[C@@H]1[C@H]2Cc3cccc(OCC(=O)OCCOCCC(=O)O)c3C[C@H]2C[C@H]1O. The Bertz CT molecular complexity index is 838. The first-order chi connectivity index (χ1) is 15.9. The Morgan fingerprint density at radius 1 is 1.09 bits per heavy atom. The Labute approximate surface area is 195 Å². The van der Waals surface area contributed by atoms with Crippen molar-refractivity contribution in [3.63, 3.8) is 0 Å². The number of carbonyl (C=O) groups is 2. The zero-order chi connectivity index (χ0) is 23.4. The quantitative estimate of drug-likeness (QED) is 0.365. The normalized spacial score (nSPS) is 29.8. The number of carboxylic acid groups (broad SMARTS) is 1. The lowest BCUT2D eigenvalue weighted by Gasteiger charge is -2.32. The number of hydrogen-bond donors (Lipinski definition) is 2. The molecule has 6 atom stereocenters. The number of ether oxygens (including phenoxy) is 3. The summed E-state index contributed by atoms with van der Waals surface area (Å²) < 4.78 is 16.0. The van der Waals surface area contributed by atoms with Gasteiger partial charge >= 0.3 is 11.9 Å². The van der Waals surface area contributed by atoms with E-state index in [-0.39, 0.29) is 39.0 Å². The predicted octanol–water partition coefficient (Wildman–Crippen LogP) is 3.25. The van der Waals surface area contributed by atoms with Gasteiger partial charge in [0.25, 0.3) is 0 Å². The minimum absolute atomic E-state index is 0.0668. The number of benzene rings is 1. The minimum Gasteiger partial charge on any atom is -0.482 e. The number of hydrogen-bond acceptors (Lipinski definition) is 6. The van der Waals surface area contributed by atoms with Gasteiger partial charge in [-0.15, -0.1) is 0 Å². The third-order valence-corrected chi connectivity index (χ3v) is 7.79. The van der Waals surface area contributed by atoms with Crippen molar-refractivity contribution in [2.75, 3.05) is 26.4 Å². The summed E-state index contributed by atoms with van der Waals surface area (Å²) in [6, 6.07) is 6.02. The largest absolute Gasteiger partial charge is 0.482 e. The summed E-state index contributed by atoms with van der Waals surface area (Å²) in [4.78, 5) is 22.4. The van der Waals surface area contributed by atoms with Gasteiger partial charge in [0, 0.05) is 0 Å². The van der Waals surface area contributed by atoms with Crippen LogP contribution in [0.1, 0.15) is 50.2 Å². The van der Waals surface area contributed by atoms with Crippen molar-refractivity contribution in [1.29, 1.82) is 0 Å². The van der Waals surface area contributed by atoms with E-state index in [4.69, 9.17) is 19.3 Å². The van der Waals surface area contributed by atoms with Crippen LogP contribution in [0.5, 0.6) is 5.75 Å². The van der Waals surface area contributed by atoms with Gasteiger partial charge in [0.15, 0.2) is 6.61 Å². The van der Waals surface area contributed by atoms with E-state index in [9.17, 15) is 14.7 Å². The number of fused-ring (bicyclic) bond motifs is 2. The van der Waals surface area contributed by atoms with Gasteiger partial charge < -0.3 is 24.4 Å². The molecule has 0 amide bonds. The van der Waals surface area contributed by atoms with Crippen LogP contribution in [-0.2, 0) is 31.9 Å². The van der Waals surface area contributed by atoms with Gasteiger partial charge in [-0.1, -0.05) is 19.1 Å². The van der Waals surface area contributed by atoms with E-state index in [1.807, 2.05) is 12.1 Å². The van der Waals surface area contributed by atoms with Crippen LogP contribution in [0.15, 0.2) is 18.2 Å². The molecular formula is C26H36O7. The first-order valence-electron chi connectivity index (χ1n) is 12.3. The van der Waals surface area contributed by atoms with Gasteiger partial charge in [-0.2, -0.15) is 0 Å². The van der Waals surface area contributed by atoms with Gasteiger partial charge in [-0.05, 0) is 85.3 Å². The zero-order valence-electron chi connectivity index (χ0n) is 19.4. The molecule has 3 aliphatic carbocycles. The molecule has 2 N–H and O–H groups in total. The fraction of sp³-hybridized carbons (Fsp3) is 0.692. The second-order valence-electron chi connectivity index (χ2n) is 10.0. The van der Waals surface area contributed by atoms with Crippen LogP contribution in [0.3, 0.4) is 0 Å². The lowest BCUT2D eigenvalue weighted by Crippen LogP contribution is -2.27. The summed E-state index contributed by atoms with van der Waals surface area (Å²) >= 11 is 0. The fourth-order valence-corrected chi connectivity index (χ4v) is 5.80. The Hall–Kier alpha value is -2.12. The van der Waals surface area contributed by atoms with Crippen LogP contribution < -0.4 is 4.74 Å². The van der Waals surface area contributed by atoms with Gasteiger partial charge in [-0.25, -0.2) is 4.79 Å². The van der Waals surface area contributed by atoms with E-state index < -0.39 is 11.9 Å². The highest BCUT2D eigenvalue weighted by atomic mass is 16.6. The van der Waals surface area contributed by atoms with E-state index in [1.54, 1.807) is 0 Å². The number of aliphatic hydroxyl groups excluding tert-OH is 1. The topological polar surface area (TPSA) is 102 Å². The van der Waals surface area contributed by atoms with Crippen molar-refractivity contribution in [2.45, 2.75) is 58.0 Å². The van der Waals surface area contributed by atoms with Crippen molar-refractivity contribution < 1.29 is 34.0 Å². The Morgan fingerprint density at radius 3 is 2.67 bits per heavy atom. The van der Waals surface area contributed by atoms with Gasteiger partial charge in [0.1, 0.15) is 12.4 Å². The summed E-state index contributed by atoms with van der Waals surface area (Å²) in [6.45, 7) is 2.47. The maximum Gasteiger partial charge on any atom is 0.344 e. The van der Waals surface area contributed by atoms with Crippen LogP contribution in [0.25, 0.3) is 0 Å². The van der Waals surface area contributed by atoms with Crippen molar-refractivity contribution in [3.05, 3.63) is 29.3 Å². The molecule has 0 aromatic heterocycles. The maximum atomic E-state index is 12.0. The van der Waals surface area contributed by atoms with Crippen LogP contribution in [0.4, 0.5) is 0 Å². The lowest BCUT2D eigenvalue weighted by atomic mass is 9.73. The fourth-order valence-electron chi connectivity index (χ4n) is 5.80. The molecule has 1 aromatic rings. The second kappa shape index (κ2) is 10.9. The summed E-state index contributed by atoms with van der Waals surface area (Å²) in [5, 5.41) is 19.3. The molecule has 7 nitrogen and oxygen atoms in total. The van der Waals surface area contributed by atoms with Crippen molar-refractivity contribution in [3.8, 4) is 5.75 Å². The molecule has 0 radical (unpaired) electrons. The minimum atomic E-state index is -0.923. The number of carbonyl (C=O) groups excluding carboxylic acids is 1. The molecule has 33 heavy (non-hydrogen) atoms. The maximum absolute atomic E-state index is 12.0. The summed E-state index contributed by atoms with van der Waals surface area (Å²) in [6.07, 6.45) is 6.15. The molecule has 0 aliphatic heterocycles. The summed E-state index contributed by atoms with van der Waals surface area (Å²) in [5.74, 6) is 2.45. The van der Waals surface area contributed by atoms with Crippen LogP contribution in [0.2, 0.25) is 0 Å². The smallest absolute Gasteiger partial charge is 0.344 e. The Balaban J connectivity index is 1.26. The van der Waals surface area contributed by atoms with E-state index in [2.05, 4.69) is 13.0 Å². The number of rotatable bonds is 12. The molecule has 2 unspecified atom stereocenters. The van der Waals surface area contributed by atoms with E-state index in [1.165, 1.54) is 18.4 Å². The average Bonchev–Trinajstić information content (AvgIpc) is 3.40. The molecule has 0 saturated heterocycles. The molecular weight excluding hydrogens is 424 g/mol. The van der Waals surface area contributed by atoms with Crippen LogP contribution in [0, 0.1) is 29.6 Å². The molecule has 0 bridgehead atoms. The number of aliphatic hydroxyl groups is 1. The molecule has 7 heteroatoms. The monoisotopic (exact) mass is 460 g/mol. The van der Waals surface area contributed by atoms with Gasteiger partial charge in [-0.3, -0.25) is 4.79 Å². The van der Waals surface area contributed by atoms with Gasteiger partial charge in [0.2, 0.25) is 0 Å². The molecule has 2 fully saturated rings. The van der Waals surface area contributed by atoms with Crippen LogP contribution >= 0.6 is 0 Å². The van der Waals surface area contributed by atoms with Gasteiger partial charge in [0.05, 0.1) is 25.7 Å². The Morgan fingerprint density at radius 2 is 1.91 bits per heavy atom. The molecule has 4 rings (SSSR count). The molecule has 182 valence electrons. The number of esters is 1. The summed E-state index contributed by atoms with van der Waals surface area (Å²) in [5.41, 5.74) is 2.43. The third-order valence-electron chi connectivity index (χ3n) is 7.79. The zero-order valence-corrected chi connectivity index (χ0v) is 19.4. The number of carboxylic acids is 1. The Kier molecular flexibility index (Phi) is 7.91. The average molecular weight is 461 g/mol. The molecule has 2 saturated carbocycles. The lowest BCUT2D eigenvalue weighted by molar-refractivity contribution is -0.148. The van der Waals surface area contributed by atoms with E-state index >= 15 is 0 Å². The standard InChI is InChI=1S/C26H36O7/c1-16-11-17(16)5-6-20-21-12-18-3-2-4-24(22(18)13-19(21)14-23(20)27)33-15-26(30)32-10-9-31-8-7-25(28)29/h2-4,16-17,19-21,23,27H,5-15H2,1H3,(H,28,29)/t16?,17?,19-,20+,21-,23+/m0/s1. The van der Waals surface area contributed by atoms with E-state index in [0.717, 1.165) is 48.8 Å². The van der Waals surface area contributed by atoms with Crippen LogP contribution in [-0.4, -0.2) is 54.7 Å². The predicted molar refractivity (Wildman–Crippen MR) is 121 cm³/mol.